The number of rotatable bonds is 15. The molecule has 0 bridgehead atoms. The number of likely N-dealkylation sites (N-methyl/N-ethyl adjacent to an activating group) is 1. The highest BCUT2D eigenvalue weighted by Gasteiger charge is 2.14. The second kappa shape index (κ2) is 15.6. The number of aromatic carboxylic acids is 2. The summed E-state index contributed by atoms with van der Waals surface area (Å²) in [6.45, 7) is 3.24. The Kier molecular flexibility index (Phi) is 11.1. The topological polar surface area (TPSA) is 198 Å². The standard InChI is InChI=1S/C32H30N6O9/c1-4-37(13-14-47-26-16-20(31(39)40)15-21(17-26)32(41)42)24-9-5-22(6-10-24)33-35-27-18-30(46-3)28(19-29(27)45-2)36-34-23-7-11-25(12-8-23)38(43)44/h5-12,15-19H,4,13-14H2,1-3H3,(H,39,40)(H,41,42)/b35-33+,36-34+. The molecule has 0 saturated heterocycles. The zero-order valence-corrected chi connectivity index (χ0v) is 25.6. The first-order chi connectivity index (χ1) is 22.6. The van der Waals surface area contributed by atoms with Gasteiger partial charge in [-0.15, -0.1) is 10.2 Å². The molecule has 4 aromatic carbocycles. The number of carboxylic acids is 2. The molecule has 15 nitrogen and oxygen atoms in total. The van der Waals surface area contributed by atoms with Crippen LogP contribution in [0.4, 0.5) is 34.1 Å². The van der Waals surface area contributed by atoms with Crippen molar-refractivity contribution in [1.29, 1.82) is 0 Å². The zero-order valence-electron chi connectivity index (χ0n) is 25.6. The fourth-order valence-corrected chi connectivity index (χ4v) is 4.29. The fourth-order valence-electron chi connectivity index (χ4n) is 4.29. The lowest BCUT2D eigenvalue weighted by atomic mass is 10.1. The summed E-state index contributed by atoms with van der Waals surface area (Å²) in [4.78, 5) is 35.1. The largest absolute Gasteiger partial charge is 0.494 e. The minimum Gasteiger partial charge on any atom is -0.494 e. The van der Waals surface area contributed by atoms with Crippen molar-refractivity contribution in [2.45, 2.75) is 6.92 Å². The highest BCUT2D eigenvalue weighted by molar-refractivity contribution is 5.94. The van der Waals surface area contributed by atoms with E-state index in [4.69, 9.17) is 14.2 Å². The maximum Gasteiger partial charge on any atom is 0.335 e. The summed E-state index contributed by atoms with van der Waals surface area (Å²) >= 11 is 0. The molecule has 2 N–H and O–H groups in total. The highest BCUT2D eigenvalue weighted by Crippen LogP contribution is 2.41. The summed E-state index contributed by atoms with van der Waals surface area (Å²) in [5.74, 6) is -1.62. The van der Waals surface area contributed by atoms with E-state index in [0.717, 1.165) is 11.8 Å². The van der Waals surface area contributed by atoms with Crippen molar-refractivity contribution in [2.75, 3.05) is 38.8 Å². The molecule has 0 aliphatic heterocycles. The number of ether oxygens (including phenoxy) is 3. The number of non-ortho nitro benzene ring substituents is 1. The van der Waals surface area contributed by atoms with Crippen LogP contribution in [0.25, 0.3) is 0 Å². The number of carbonyl (C=O) groups is 2. The lowest BCUT2D eigenvalue weighted by molar-refractivity contribution is -0.384. The normalized spacial score (nSPS) is 11.0. The molecule has 4 rings (SSSR count). The van der Waals surface area contributed by atoms with Crippen LogP contribution in [0.15, 0.2) is 99.3 Å². The van der Waals surface area contributed by atoms with Crippen LogP contribution >= 0.6 is 0 Å². The van der Waals surface area contributed by atoms with E-state index >= 15 is 0 Å². The average Bonchev–Trinajstić information content (AvgIpc) is 3.08. The summed E-state index contributed by atoms with van der Waals surface area (Å²) in [7, 11) is 2.95. The van der Waals surface area contributed by atoms with Crippen molar-refractivity contribution < 1.29 is 38.9 Å². The van der Waals surface area contributed by atoms with Crippen LogP contribution in [-0.4, -0.2) is 61.0 Å². The van der Waals surface area contributed by atoms with Crippen LogP contribution in [-0.2, 0) is 0 Å². The van der Waals surface area contributed by atoms with Gasteiger partial charge < -0.3 is 29.3 Å². The number of nitrogens with zero attached hydrogens (tertiary/aromatic N) is 6. The van der Waals surface area contributed by atoms with E-state index in [1.807, 2.05) is 24.0 Å². The van der Waals surface area contributed by atoms with Gasteiger partial charge in [-0.1, -0.05) is 0 Å². The van der Waals surface area contributed by atoms with Gasteiger partial charge in [0, 0.05) is 36.5 Å². The fraction of sp³-hybridized carbons (Fsp3) is 0.188. The van der Waals surface area contributed by atoms with Gasteiger partial charge in [-0.05, 0) is 61.5 Å². The molecule has 242 valence electrons. The van der Waals surface area contributed by atoms with Crippen LogP contribution in [0.5, 0.6) is 17.2 Å². The molecule has 0 amide bonds. The van der Waals surface area contributed by atoms with Crippen molar-refractivity contribution in [3.05, 3.63) is 100 Å². The number of carboxylic acid groups (broad SMARTS) is 2. The third-order valence-electron chi connectivity index (χ3n) is 6.71. The summed E-state index contributed by atoms with van der Waals surface area (Å²) in [6, 6.07) is 19.8. The number of hydrogen-bond acceptors (Lipinski definition) is 12. The summed E-state index contributed by atoms with van der Waals surface area (Å²) < 4.78 is 16.6. The maximum atomic E-state index is 11.4. The van der Waals surface area contributed by atoms with Gasteiger partial charge in [0.25, 0.3) is 5.69 Å². The maximum absolute atomic E-state index is 11.4. The molecule has 0 aliphatic rings. The summed E-state index contributed by atoms with van der Waals surface area (Å²) in [5.41, 5.74) is 2.20. The quantitative estimate of drug-likeness (QED) is 0.0734. The van der Waals surface area contributed by atoms with E-state index in [1.54, 1.807) is 24.3 Å². The molecule has 0 radical (unpaired) electrons. The zero-order chi connectivity index (χ0) is 33.9. The Balaban J connectivity index is 1.43. The van der Waals surface area contributed by atoms with E-state index < -0.39 is 16.9 Å². The predicted octanol–water partition coefficient (Wildman–Crippen LogP) is 7.74. The molecule has 0 spiro atoms. The number of benzene rings is 4. The number of nitro groups is 1. The number of methoxy groups -OCH3 is 2. The van der Waals surface area contributed by atoms with E-state index in [1.165, 1.54) is 50.6 Å². The molecule has 0 aromatic heterocycles. The van der Waals surface area contributed by atoms with E-state index in [2.05, 4.69) is 20.5 Å². The van der Waals surface area contributed by atoms with Gasteiger partial charge in [0.05, 0.1) is 48.2 Å². The number of azo groups is 2. The SMILES string of the molecule is CCN(CCOc1cc(C(=O)O)cc(C(=O)O)c1)c1ccc(/N=N/c2cc(OC)c(/N=N/c3ccc([N+](=O)[O-])cc3)cc2OC)cc1. The molecule has 0 heterocycles. The lowest BCUT2D eigenvalue weighted by Gasteiger charge is -2.23. The molecular weight excluding hydrogens is 612 g/mol. The van der Waals surface area contributed by atoms with Gasteiger partial charge in [0.1, 0.15) is 35.2 Å². The summed E-state index contributed by atoms with van der Waals surface area (Å²) in [6.07, 6.45) is 0. The second-order valence-electron chi connectivity index (χ2n) is 9.67. The Morgan fingerprint density at radius 3 is 1.68 bits per heavy atom. The Bertz CT molecular complexity index is 1780. The van der Waals surface area contributed by atoms with Gasteiger partial charge >= 0.3 is 11.9 Å². The molecule has 0 aliphatic carbocycles. The molecule has 0 unspecified atom stereocenters. The first-order valence-electron chi connectivity index (χ1n) is 14.0. The first-order valence-corrected chi connectivity index (χ1v) is 14.0. The van der Waals surface area contributed by atoms with E-state index in [-0.39, 0.29) is 29.2 Å². The van der Waals surface area contributed by atoms with Gasteiger partial charge in [-0.2, -0.15) is 10.2 Å². The van der Waals surface area contributed by atoms with Gasteiger partial charge in [-0.25, -0.2) is 9.59 Å². The van der Waals surface area contributed by atoms with Gasteiger partial charge in [0.2, 0.25) is 0 Å². The van der Waals surface area contributed by atoms with Crippen molar-refractivity contribution in [1.82, 2.24) is 0 Å². The molecule has 0 fully saturated rings. The van der Waals surface area contributed by atoms with Crippen LogP contribution in [0.3, 0.4) is 0 Å². The Hall–Kier alpha value is -6.38. The number of hydrogen-bond donors (Lipinski definition) is 2. The van der Waals surface area contributed by atoms with Gasteiger partial charge in [0.15, 0.2) is 0 Å². The van der Waals surface area contributed by atoms with Crippen molar-refractivity contribution >= 4 is 46.1 Å². The highest BCUT2D eigenvalue weighted by atomic mass is 16.6. The monoisotopic (exact) mass is 642 g/mol. The lowest BCUT2D eigenvalue weighted by Crippen LogP contribution is -2.28. The molecule has 0 saturated carbocycles. The Labute approximate surface area is 268 Å². The third-order valence-corrected chi connectivity index (χ3v) is 6.71. The van der Waals surface area contributed by atoms with Crippen molar-refractivity contribution in [3.63, 3.8) is 0 Å². The summed E-state index contributed by atoms with van der Waals surface area (Å²) in [5, 5.41) is 46.4. The van der Waals surface area contributed by atoms with E-state index in [0.29, 0.717) is 47.3 Å². The van der Waals surface area contributed by atoms with Crippen LogP contribution in [0, 0.1) is 10.1 Å². The van der Waals surface area contributed by atoms with Crippen LogP contribution < -0.4 is 19.1 Å². The predicted molar refractivity (Wildman–Crippen MR) is 171 cm³/mol. The molecular formula is C32H30N6O9. The van der Waals surface area contributed by atoms with Crippen molar-refractivity contribution in [3.8, 4) is 17.2 Å². The molecule has 15 heteroatoms. The average molecular weight is 643 g/mol. The molecule has 4 aromatic rings. The smallest absolute Gasteiger partial charge is 0.335 e. The molecule has 0 atom stereocenters. The van der Waals surface area contributed by atoms with Crippen molar-refractivity contribution in [2.24, 2.45) is 20.5 Å². The Morgan fingerprint density at radius 2 is 1.26 bits per heavy atom. The van der Waals surface area contributed by atoms with Crippen LogP contribution in [0.2, 0.25) is 0 Å². The third kappa shape index (κ3) is 8.85. The minimum absolute atomic E-state index is 0.0540. The second-order valence-corrected chi connectivity index (χ2v) is 9.67. The molecule has 47 heavy (non-hydrogen) atoms. The van der Waals surface area contributed by atoms with E-state index in [9.17, 15) is 29.9 Å². The van der Waals surface area contributed by atoms with Crippen LogP contribution in [0.1, 0.15) is 27.6 Å². The first kappa shape index (κ1) is 33.5. The minimum atomic E-state index is -1.25. The Morgan fingerprint density at radius 1 is 0.766 bits per heavy atom. The number of nitro benzene ring substituents is 1. The number of anilines is 1. The van der Waals surface area contributed by atoms with Gasteiger partial charge in [-0.3, -0.25) is 10.1 Å².